The molecule has 5 heteroatoms. The molecule has 2 aromatic rings. The van der Waals surface area contributed by atoms with Crippen molar-refractivity contribution in [3.8, 4) is 5.75 Å². The van der Waals surface area contributed by atoms with Crippen LogP contribution in [0.1, 0.15) is 5.56 Å². The molecule has 0 heterocycles. The van der Waals surface area contributed by atoms with Crippen molar-refractivity contribution in [1.29, 1.82) is 0 Å². The van der Waals surface area contributed by atoms with Crippen LogP contribution in [0.15, 0.2) is 59.7 Å². The summed E-state index contributed by atoms with van der Waals surface area (Å²) in [5.74, 6) is 0.196. The van der Waals surface area contributed by atoms with Gasteiger partial charge >= 0.3 is 5.97 Å². The van der Waals surface area contributed by atoms with E-state index in [4.69, 9.17) is 4.74 Å². The number of carbonyl (C=O) groups is 1. The van der Waals surface area contributed by atoms with Crippen LogP contribution in [0.3, 0.4) is 0 Å². The van der Waals surface area contributed by atoms with Gasteiger partial charge in [-0.15, -0.1) is 0 Å². The average molecular weight is 284 g/mol. The van der Waals surface area contributed by atoms with Gasteiger partial charge in [0.15, 0.2) is 6.61 Å². The Hall–Kier alpha value is -2.82. The largest absolute Gasteiger partial charge is 0.482 e. The van der Waals surface area contributed by atoms with Crippen molar-refractivity contribution in [2.75, 3.05) is 19.1 Å². The van der Waals surface area contributed by atoms with Gasteiger partial charge in [-0.05, 0) is 42.0 Å². The molecule has 2 aromatic carbocycles. The maximum Gasteiger partial charge on any atom is 0.343 e. The highest BCUT2D eigenvalue weighted by Gasteiger charge is 2.01. The van der Waals surface area contributed by atoms with Gasteiger partial charge in [-0.1, -0.05) is 18.2 Å². The summed E-state index contributed by atoms with van der Waals surface area (Å²) in [7, 11) is 1.32. The molecular weight excluding hydrogens is 268 g/mol. The minimum absolute atomic E-state index is 0.0977. The van der Waals surface area contributed by atoms with Gasteiger partial charge in [-0.2, -0.15) is 5.10 Å². The Bertz CT molecular complexity index is 595. The van der Waals surface area contributed by atoms with Crippen LogP contribution in [-0.4, -0.2) is 25.9 Å². The third-order valence-corrected chi connectivity index (χ3v) is 2.65. The number of esters is 1. The van der Waals surface area contributed by atoms with Gasteiger partial charge in [-0.25, -0.2) is 4.79 Å². The predicted molar refractivity (Wildman–Crippen MR) is 81.6 cm³/mol. The number of rotatable bonds is 6. The highest BCUT2D eigenvalue weighted by Crippen LogP contribution is 2.11. The summed E-state index contributed by atoms with van der Waals surface area (Å²) < 4.78 is 9.75. The van der Waals surface area contributed by atoms with Crippen molar-refractivity contribution >= 4 is 17.9 Å². The molecule has 0 bridgehead atoms. The number of para-hydroxylation sites is 1. The number of hydrazone groups is 1. The molecule has 0 fully saturated rings. The Labute approximate surface area is 123 Å². The van der Waals surface area contributed by atoms with E-state index < -0.39 is 5.97 Å². The van der Waals surface area contributed by atoms with Crippen molar-refractivity contribution < 1.29 is 14.3 Å². The summed E-state index contributed by atoms with van der Waals surface area (Å²) in [5, 5.41) is 4.14. The first-order valence-corrected chi connectivity index (χ1v) is 6.42. The zero-order valence-corrected chi connectivity index (χ0v) is 11.7. The Balaban J connectivity index is 1.86. The van der Waals surface area contributed by atoms with Crippen LogP contribution < -0.4 is 10.2 Å². The van der Waals surface area contributed by atoms with Gasteiger partial charge < -0.3 is 9.47 Å². The molecule has 0 saturated heterocycles. The fraction of sp³-hybridized carbons (Fsp3) is 0.125. The van der Waals surface area contributed by atoms with E-state index >= 15 is 0 Å². The van der Waals surface area contributed by atoms with Crippen molar-refractivity contribution in [2.24, 2.45) is 5.10 Å². The number of ether oxygens (including phenoxy) is 2. The van der Waals surface area contributed by atoms with Gasteiger partial charge in [0, 0.05) is 0 Å². The maximum atomic E-state index is 11.0. The number of nitrogens with zero attached hydrogens (tertiary/aromatic N) is 1. The van der Waals surface area contributed by atoms with E-state index in [1.54, 1.807) is 18.3 Å². The molecule has 5 nitrogen and oxygen atoms in total. The van der Waals surface area contributed by atoms with Crippen LogP contribution in [0.5, 0.6) is 5.75 Å². The zero-order chi connectivity index (χ0) is 14.9. The lowest BCUT2D eigenvalue weighted by molar-refractivity contribution is -0.142. The first-order chi connectivity index (χ1) is 10.3. The molecule has 0 radical (unpaired) electrons. The van der Waals surface area contributed by atoms with Crippen LogP contribution >= 0.6 is 0 Å². The standard InChI is InChI=1S/C16H16N2O3/c1-20-16(19)12-21-15-9-7-13(8-10-15)11-17-18-14-5-3-2-4-6-14/h2-11,18H,12H2,1H3/b17-11-. The normalized spacial score (nSPS) is 10.3. The number of carbonyl (C=O) groups excluding carboxylic acids is 1. The number of hydrogen-bond donors (Lipinski definition) is 1. The molecule has 0 amide bonds. The predicted octanol–water partition coefficient (Wildman–Crippen LogP) is 2.68. The fourth-order valence-corrected chi connectivity index (χ4v) is 1.55. The Morgan fingerprint density at radius 3 is 2.52 bits per heavy atom. The number of methoxy groups -OCH3 is 1. The second-order valence-electron chi connectivity index (χ2n) is 4.17. The number of benzene rings is 2. The van der Waals surface area contributed by atoms with Crippen molar-refractivity contribution in [1.82, 2.24) is 0 Å². The van der Waals surface area contributed by atoms with E-state index in [0.717, 1.165) is 11.3 Å². The second-order valence-corrected chi connectivity index (χ2v) is 4.17. The smallest absolute Gasteiger partial charge is 0.343 e. The topological polar surface area (TPSA) is 59.9 Å². The lowest BCUT2D eigenvalue weighted by Crippen LogP contribution is -2.12. The highest BCUT2D eigenvalue weighted by atomic mass is 16.6. The SMILES string of the molecule is COC(=O)COc1ccc(/C=N\Nc2ccccc2)cc1. The van der Waals surface area contributed by atoms with E-state index in [-0.39, 0.29) is 6.61 Å². The van der Waals surface area contributed by atoms with Gasteiger partial charge in [0.2, 0.25) is 0 Å². The lowest BCUT2D eigenvalue weighted by atomic mass is 10.2. The number of anilines is 1. The van der Waals surface area contributed by atoms with Gasteiger partial charge in [-0.3, -0.25) is 5.43 Å². The molecule has 1 N–H and O–H groups in total. The van der Waals surface area contributed by atoms with Crippen LogP contribution in [0.2, 0.25) is 0 Å². The molecule has 0 aliphatic rings. The Kier molecular flexibility index (Phi) is 5.34. The summed E-state index contributed by atoms with van der Waals surface area (Å²) in [4.78, 5) is 11.0. The third-order valence-electron chi connectivity index (χ3n) is 2.65. The van der Waals surface area contributed by atoms with E-state index in [0.29, 0.717) is 5.75 Å². The van der Waals surface area contributed by atoms with Crippen LogP contribution in [0.25, 0.3) is 0 Å². The monoisotopic (exact) mass is 284 g/mol. The van der Waals surface area contributed by atoms with E-state index in [9.17, 15) is 4.79 Å². The first-order valence-electron chi connectivity index (χ1n) is 6.42. The Morgan fingerprint density at radius 1 is 1.14 bits per heavy atom. The minimum Gasteiger partial charge on any atom is -0.482 e. The van der Waals surface area contributed by atoms with Crippen LogP contribution in [0, 0.1) is 0 Å². The maximum absolute atomic E-state index is 11.0. The summed E-state index contributed by atoms with van der Waals surface area (Å²) in [6.45, 7) is -0.0977. The van der Waals surface area contributed by atoms with E-state index in [1.165, 1.54) is 7.11 Å². The lowest BCUT2D eigenvalue weighted by Gasteiger charge is -2.04. The van der Waals surface area contributed by atoms with E-state index in [2.05, 4.69) is 15.3 Å². The van der Waals surface area contributed by atoms with Crippen molar-refractivity contribution in [3.63, 3.8) is 0 Å². The number of hydrogen-bond acceptors (Lipinski definition) is 5. The average Bonchev–Trinajstić information content (AvgIpc) is 2.55. The minimum atomic E-state index is -0.410. The molecule has 0 atom stereocenters. The van der Waals surface area contributed by atoms with Crippen LogP contribution in [-0.2, 0) is 9.53 Å². The molecule has 0 aromatic heterocycles. The highest BCUT2D eigenvalue weighted by molar-refractivity contribution is 5.80. The van der Waals surface area contributed by atoms with Crippen molar-refractivity contribution in [3.05, 3.63) is 60.2 Å². The van der Waals surface area contributed by atoms with Gasteiger partial charge in [0.25, 0.3) is 0 Å². The van der Waals surface area contributed by atoms with Gasteiger partial charge in [0.1, 0.15) is 5.75 Å². The molecule has 21 heavy (non-hydrogen) atoms. The third kappa shape index (κ3) is 4.99. The molecular formula is C16H16N2O3. The summed E-state index contributed by atoms with van der Waals surface area (Å²) in [6.07, 6.45) is 1.71. The van der Waals surface area contributed by atoms with E-state index in [1.807, 2.05) is 42.5 Å². The summed E-state index contributed by atoms with van der Waals surface area (Å²) >= 11 is 0. The van der Waals surface area contributed by atoms with Crippen LogP contribution in [0.4, 0.5) is 5.69 Å². The fourth-order valence-electron chi connectivity index (χ4n) is 1.55. The molecule has 0 saturated carbocycles. The Morgan fingerprint density at radius 2 is 1.86 bits per heavy atom. The first kappa shape index (κ1) is 14.6. The quantitative estimate of drug-likeness (QED) is 0.503. The molecule has 0 spiro atoms. The van der Waals surface area contributed by atoms with Gasteiger partial charge in [0.05, 0.1) is 19.0 Å². The molecule has 108 valence electrons. The summed E-state index contributed by atoms with van der Waals surface area (Å²) in [6, 6.07) is 16.9. The molecule has 0 aliphatic carbocycles. The zero-order valence-electron chi connectivity index (χ0n) is 11.7. The second kappa shape index (κ2) is 7.69. The molecule has 0 aliphatic heterocycles. The number of nitrogens with one attached hydrogen (secondary N) is 1. The summed E-state index contributed by atoms with van der Waals surface area (Å²) in [5.41, 5.74) is 4.78. The van der Waals surface area contributed by atoms with Crippen molar-refractivity contribution in [2.45, 2.75) is 0 Å². The molecule has 2 rings (SSSR count). The molecule has 0 unspecified atom stereocenters.